The van der Waals surface area contributed by atoms with Gasteiger partial charge < -0.3 is 5.32 Å². The minimum atomic E-state index is -0.714. The summed E-state index contributed by atoms with van der Waals surface area (Å²) in [6, 6.07) is 2.43. The Hall–Kier alpha value is -2.46. The van der Waals surface area contributed by atoms with Gasteiger partial charge in [-0.05, 0) is 37.3 Å². The highest BCUT2D eigenvalue weighted by Crippen LogP contribution is 2.48. The summed E-state index contributed by atoms with van der Waals surface area (Å²) >= 11 is 1.66. The Bertz CT molecular complexity index is 1280. The lowest BCUT2D eigenvalue weighted by Gasteiger charge is -2.29. The topological polar surface area (TPSA) is 90.0 Å². The van der Waals surface area contributed by atoms with Crippen molar-refractivity contribution in [3.05, 3.63) is 34.1 Å². The fourth-order valence-electron chi connectivity index (χ4n) is 5.56. The van der Waals surface area contributed by atoms with Crippen molar-refractivity contribution in [1.29, 1.82) is 5.26 Å². The van der Waals surface area contributed by atoms with Crippen molar-refractivity contribution in [2.75, 3.05) is 0 Å². The summed E-state index contributed by atoms with van der Waals surface area (Å²) in [7, 11) is 0. The molecule has 0 aliphatic carbocycles. The summed E-state index contributed by atoms with van der Waals surface area (Å²) < 4.78 is 0. The Morgan fingerprint density at radius 1 is 0.946 bits per heavy atom. The molecule has 4 aliphatic rings. The van der Waals surface area contributed by atoms with Crippen molar-refractivity contribution in [3.63, 3.8) is 0 Å². The van der Waals surface area contributed by atoms with Crippen molar-refractivity contribution in [1.82, 2.24) is 5.32 Å². The lowest BCUT2D eigenvalue weighted by Crippen LogP contribution is -2.34. The van der Waals surface area contributed by atoms with Crippen LogP contribution in [0.15, 0.2) is 49.1 Å². The van der Waals surface area contributed by atoms with Crippen LogP contribution in [0.2, 0.25) is 0 Å². The normalized spacial score (nSPS) is 32.8. The van der Waals surface area contributed by atoms with Crippen LogP contribution in [0.25, 0.3) is 0 Å². The molecule has 7 heteroatoms. The van der Waals surface area contributed by atoms with Gasteiger partial charge in [0.15, 0.2) is 0 Å². The van der Waals surface area contributed by atoms with E-state index in [0.717, 1.165) is 58.4 Å². The maximum Gasteiger partial charge on any atom is 0.225 e. The smallest absolute Gasteiger partial charge is 0.225 e. The van der Waals surface area contributed by atoms with E-state index in [2.05, 4.69) is 85.2 Å². The third-order valence-corrected chi connectivity index (χ3v) is 9.41. The molecule has 4 rings (SSSR count). The number of carbonyl (C=O) groups excluding carboxylic acids is 1. The Labute approximate surface area is 226 Å². The molecule has 0 saturated carbocycles. The van der Waals surface area contributed by atoms with Crippen LogP contribution in [0.4, 0.5) is 0 Å². The van der Waals surface area contributed by atoms with E-state index < -0.39 is 5.54 Å². The van der Waals surface area contributed by atoms with Crippen LogP contribution < -0.4 is 5.32 Å². The lowest BCUT2D eigenvalue weighted by atomic mass is 9.73. The Morgan fingerprint density at radius 2 is 1.62 bits per heavy atom. The van der Waals surface area contributed by atoms with Crippen LogP contribution in [0.1, 0.15) is 94.9 Å². The summed E-state index contributed by atoms with van der Waals surface area (Å²) in [5.74, 6) is 0.0748. The Morgan fingerprint density at radius 3 is 2.19 bits per heavy atom. The predicted molar refractivity (Wildman–Crippen MR) is 155 cm³/mol. The summed E-state index contributed by atoms with van der Waals surface area (Å²) in [6.45, 7) is 21.4. The molecule has 4 aliphatic heterocycles. The van der Waals surface area contributed by atoms with Gasteiger partial charge in [0.25, 0.3) is 0 Å². The molecule has 1 unspecified atom stereocenters. The highest BCUT2D eigenvalue weighted by Gasteiger charge is 2.48. The number of rotatable bonds is 3. The molecule has 1 N–H and O–H groups in total. The second-order valence-electron chi connectivity index (χ2n) is 13.8. The summed E-state index contributed by atoms with van der Waals surface area (Å²) in [5.41, 5.74) is 4.92. The number of allylic oxidation sites excluding steroid dienone is 5. The maximum absolute atomic E-state index is 11.9. The minimum Gasteiger partial charge on any atom is -0.329 e. The molecule has 4 heterocycles. The first-order valence-corrected chi connectivity index (χ1v) is 14.0. The number of thioether (sulfide) groups is 1. The SMILES string of the molecule is C/C(C1=NC(C)(C#N)C(C)(C)C1)=C1/N=C(S/C=C2N=C(/C=C3\NC(=O)CC3(C)C)CC\2(C)C)CC1(C)C. The molecular formula is C30H41N5OS. The Balaban J connectivity index is 1.59. The summed E-state index contributed by atoms with van der Waals surface area (Å²) in [6.07, 6.45) is 5.06. The molecule has 1 amide bonds. The van der Waals surface area contributed by atoms with Crippen LogP contribution in [0.5, 0.6) is 0 Å². The molecule has 1 saturated heterocycles. The van der Waals surface area contributed by atoms with Gasteiger partial charge in [-0.25, -0.2) is 4.99 Å². The van der Waals surface area contributed by atoms with Gasteiger partial charge in [-0.15, -0.1) is 0 Å². The zero-order chi connectivity index (χ0) is 27.6. The average Bonchev–Trinajstić information content (AvgIpc) is 3.39. The molecule has 1 atom stereocenters. The first-order valence-electron chi connectivity index (χ1n) is 13.2. The van der Waals surface area contributed by atoms with E-state index in [9.17, 15) is 10.1 Å². The Kier molecular flexibility index (Phi) is 6.55. The van der Waals surface area contributed by atoms with E-state index in [4.69, 9.17) is 15.0 Å². The van der Waals surface area contributed by atoms with Gasteiger partial charge in [0.05, 0.1) is 22.5 Å². The van der Waals surface area contributed by atoms with E-state index in [1.807, 2.05) is 6.92 Å². The molecule has 0 radical (unpaired) electrons. The number of nitrogens with one attached hydrogen (secondary N) is 1. The fourth-order valence-corrected chi connectivity index (χ4v) is 6.77. The molecule has 0 spiro atoms. The number of amides is 1. The van der Waals surface area contributed by atoms with Crippen molar-refractivity contribution in [2.45, 2.75) is 100 Å². The molecule has 0 bridgehead atoms. The van der Waals surface area contributed by atoms with E-state index >= 15 is 0 Å². The molecule has 0 aromatic carbocycles. The molecular weight excluding hydrogens is 478 g/mol. The largest absolute Gasteiger partial charge is 0.329 e. The van der Waals surface area contributed by atoms with E-state index in [0.29, 0.717) is 6.42 Å². The van der Waals surface area contributed by atoms with E-state index in [-0.39, 0.29) is 27.6 Å². The third kappa shape index (κ3) is 5.02. The minimum absolute atomic E-state index is 0.0748. The van der Waals surface area contributed by atoms with Crippen LogP contribution in [-0.4, -0.2) is 27.9 Å². The average molecular weight is 520 g/mol. The zero-order valence-electron chi connectivity index (χ0n) is 24.1. The number of nitriles is 1. The van der Waals surface area contributed by atoms with Gasteiger partial charge in [0.2, 0.25) is 5.91 Å². The molecule has 1 fully saturated rings. The fraction of sp³-hybridized carbons (Fsp3) is 0.633. The molecule has 0 aromatic heterocycles. The van der Waals surface area contributed by atoms with Crippen LogP contribution >= 0.6 is 11.8 Å². The molecule has 0 aromatic rings. The first-order chi connectivity index (χ1) is 16.9. The highest BCUT2D eigenvalue weighted by atomic mass is 32.2. The second-order valence-corrected chi connectivity index (χ2v) is 14.7. The quantitative estimate of drug-likeness (QED) is 0.430. The first kappa shape index (κ1) is 27.6. The molecule has 198 valence electrons. The summed E-state index contributed by atoms with van der Waals surface area (Å²) in [5, 5.41) is 16.0. The predicted octanol–water partition coefficient (Wildman–Crippen LogP) is 7.12. The van der Waals surface area contributed by atoms with Crippen LogP contribution in [0.3, 0.4) is 0 Å². The third-order valence-electron chi connectivity index (χ3n) is 8.57. The molecule has 6 nitrogen and oxygen atoms in total. The highest BCUT2D eigenvalue weighted by molar-refractivity contribution is 8.16. The van der Waals surface area contributed by atoms with Crippen LogP contribution in [-0.2, 0) is 4.79 Å². The molecule has 37 heavy (non-hydrogen) atoms. The van der Waals surface area contributed by atoms with E-state index in [1.165, 1.54) is 0 Å². The van der Waals surface area contributed by atoms with E-state index in [1.54, 1.807) is 11.8 Å². The lowest BCUT2D eigenvalue weighted by molar-refractivity contribution is -0.119. The maximum atomic E-state index is 11.9. The monoisotopic (exact) mass is 519 g/mol. The number of hydrogen-bond acceptors (Lipinski definition) is 6. The second kappa shape index (κ2) is 8.80. The number of carbonyl (C=O) groups is 1. The number of nitrogens with zero attached hydrogens (tertiary/aromatic N) is 4. The van der Waals surface area contributed by atoms with Crippen molar-refractivity contribution >= 4 is 34.1 Å². The standard InChI is InChI=1S/C30H41N5OS/c1-18(20-13-29(8,9)30(10,17-31)35-20)25-28(6,7)15-24(34-25)37-16-22-26(2,3)12-19(32-22)11-21-27(4,5)14-23(36)33-21/h11,16H,12-15H2,1-10H3,(H,33,36)/b21-11-,22-16-,25-18-. The van der Waals surface area contributed by atoms with Gasteiger partial charge >= 0.3 is 0 Å². The van der Waals surface area contributed by atoms with Crippen molar-refractivity contribution in [2.24, 2.45) is 36.6 Å². The van der Waals surface area contributed by atoms with Crippen molar-refractivity contribution in [3.8, 4) is 6.07 Å². The van der Waals surface area contributed by atoms with Gasteiger partial charge in [-0.1, -0.05) is 67.2 Å². The number of aliphatic imine (C=N–C) groups is 3. The number of hydrogen-bond donors (Lipinski definition) is 1. The summed E-state index contributed by atoms with van der Waals surface area (Å²) in [4.78, 5) is 26.9. The zero-order valence-corrected chi connectivity index (χ0v) is 24.9. The van der Waals surface area contributed by atoms with Gasteiger partial charge in [0, 0.05) is 58.0 Å². The van der Waals surface area contributed by atoms with Crippen molar-refractivity contribution < 1.29 is 4.79 Å². The van der Waals surface area contributed by atoms with Gasteiger partial charge in [-0.3, -0.25) is 14.8 Å². The van der Waals surface area contributed by atoms with Gasteiger partial charge in [-0.2, -0.15) is 5.26 Å². The van der Waals surface area contributed by atoms with Gasteiger partial charge in [0.1, 0.15) is 5.54 Å². The van der Waals surface area contributed by atoms with Crippen LogP contribution in [0, 0.1) is 33.0 Å².